The number of esters is 1. The third-order valence-electron chi connectivity index (χ3n) is 4.02. The van der Waals surface area contributed by atoms with Gasteiger partial charge in [0, 0.05) is 22.6 Å². The van der Waals surface area contributed by atoms with Crippen molar-refractivity contribution in [3.8, 4) is 10.4 Å². The van der Waals surface area contributed by atoms with Crippen LogP contribution in [0.3, 0.4) is 0 Å². The summed E-state index contributed by atoms with van der Waals surface area (Å²) in [6, 6.07) is 11.1. The molecule has 3 aromatic rings. The Hall–Kier alpha value is -2.81. The second kappa shape index (κ2) is 9.80. The van der Waals surface area contributed by atoms with Crippen LogP contribution >= 0.6 is 22.9 Å². The predicted molar refractivity (Wildman–Crippen MR) is 111 cm³/mol. The van der Waals surface area contributed by atoms with E-state index < -0.39 is 29.2 Å². The maximum absolute atomic E-state index is 13.8. The van der Waals surface area contributed by atoms with E-state index >= 15 is 0 Å². The fourth-order valence-electron chi connectivity index (χ4n) is 2.54. The third-order valence-corrected chi connectivity index (χ3v) is 5.47. The van der Waals surface area contributed by atoms with Crippen LogP contribution in [0.2, 0.25) is 5.02 Å². The number of hydrogen-bond acceptors (Lipinski definition) is 5. The van der Waals surface area contributed by atoms with Crippen molar-refractivity contribution < 1.29 is 27.8 Å². The van der Waals surface area contributed by atoms with Gasteiger partial charge in [-0.3, -0.25) is 4.79 Å². The summed E-state index contributed by atoms with van der Waals surface area (Å²) in [5.41, 5.74) is 0.300. The summed E-state index contributed by atoms with van der Waals surface area (Å²) in [5, 5.41) is 2.61. The molecule has 1 aromatic heterocycles. The Balaban J connectivity index is 1.81. The number of nitrogens with one attached hydrogen (secondary N) is 1. The number of halogens is 3. The van der Waals surface area contributed by atoms with E-state index in [2.05, 4.69) is 5.32 Å². The van der Waals surface area contributed by atoms with Crippen LogP contribution in [-0.2, 0) is 9.47 Å². The number of benzene rings is 2. The lowest BCUT2D eigenvalue weighted by Crippen LogP contribution is -2.12. The molecule has 0 saturated heterocycles. The van der Waals surface area contributed by atoms with Crippen molar-refractivity contribution >= 4 is 40.5 Å². The lowest BCUT2D eigenvalue weighted by molar-refractivity contribution is 0.0388. The van der Waals surface area contributed by atoms with Crippen LogP contribution in [-0.4, -0.2) is 32.2 Å². The van der Waals surface area contributed by atoms with Crippen LogP contribution in [0.4, 0.5) is 14.5 Å². The minimum Gasteiger partial charge on any atom is -0.460 e. The third kappa shape index (κ3) is 5.02. The van der Waals surface area contributed by atoms with Gasteiger partial charge in [-0.15, -0.1) is 11.3 Å². The van der Waals surface area contributed by atoms with E-state index in [0.29, 0.717) is 21.0 Å². The molecule has 0 unspecified atom stereocenters. The van der Waals surface area contributed by atoms with Gasteiger partial charge in [-0.05, 0) is 42.5 Å². The van der Waals surface area contributed by atoms with Crippen LogP contribution in [0.1, 0.15) is 20.0 Å². The first-order valence-corrected chi connectivity index (χ1v) is 9.91. The molecule has 1 amide bonds. The van der Waals surface area contributed by atoms with Crippen molar-refractivity contribution in [1.82, 2.24) is 0 Å². The van der Waals surface area contributed by atoms with Gasteiger partial charge in [0.1, 0.15) is 23.9 Å². The molecule has 0 bridgehead atoms. The molecular weight excluding hydrogens is 436 g/mol. The Morgan fingerprint density at radius 1 is 1.07 bits per heavy atom. The summed E-state index contributed by atoms with van der Waals surface area (Å²) in [4.78, 5) is 25.4. The standard InChI is InChI=1S/C21H16ClF2NO4S/c1-28-9-10-29-21(27)12-5-6-14(22)13(11-12)17-7-8-18(30-17)20(26)25-19-15(23)3-2-4-16(19)24/h2-8,11H,9-10H2,1H3,(H,25,26). The summed E-state index contributed by atoms with van der Waals surface area (Å²) in [6.07, 6.45) is 0. The average Bonchev–Trinajstić information content (AvgIpc) is 3.21. The minimum absolute atomic E-state index is 0.114. The monoisotopic (exact) mass is 451 g/mol. The fraction of sp³-hybridized carbons (Fsp3) is 0.143. The van der Waals surface area contributed by atoms with Crippen LogP contribution in [0.5, 0.6) is 0 Å². The maximum Gasteiger partial charge on any atom is 0.338 e. The van der Waals surface area contributed by atoms with Crippen molar-refractivity contribution in [3.05, 3.63) is 75.6 Å². The van der Waals surface area contributed by atoms with Gasteiger partial charge < -0.3 is 14.8 Å². The molecule has 0 spiro atoms. The number of thiophene rings is 1. The number of carbonyl (C=O) groups excluding carboxylic acids is 2. The number of methoxy groups -OCH3 is 1. The highest BCUT2D eigenvalue weighted by Crippen LogP contribution is 2.35. The zero-order valence-electron chi connectivity index (χ0n) is 15.7. The first-order chi connectivity index (χ1) is 14.4. The number of ether oxygens (including phenoxy) is 2. The molecule has 0 atom stereocenters. The van der Waals surface area contributed by atoms with Gasteiger partial charge in [0.25, 0.3) is 5.91 Å². The SMILES string of the molecule is COCCOC(=O)c1ccc(Cl)c(-c2ccc(C(=O)Nc3c(F)cccc3F)s2)c1. The number of hydrogen-bond donors (Lipinski definition) is 1. The molecule has 0 radical (unpaired) electrons. The van der Waals surface area contributed by atoms with E-state index in [4.69, 9.17) is 21.1 Å². The molecular formula is C21H16ClF2NO4S. The van der Waals surface area contributed by atoms with Gasteiger partial charge in [-0.1, -0.05) is 17.7 Å². The summed E-state index contributed by atoms with van der Waals surface area (Å²) in [6.45, 7) is 0.390. The molecule has 5 nitrogen and oxygen atoms in total. The van der Waals surface area contributed by atoms with Gasteiger partial charge in [0.15, 0.2) is 0 Å². The van der Waals surface area contributed by atoms with Crippen LogP contribution in [0, 0.1) is 11.6 Å². The number of rotatable bonds is 7. The smallest absolute Gasteiger partial charge is 0.338 e. The molecule has 0 aliphatic heterocycles. The second-order valence-electron chi connectivity index (χ2n) is 6.04. The molecule has 3 rings (SSSR count). The summed E-state index contributed by atoms with van der Waals surface area (Å²) in [5.74, 6) is -2.94. The summed E-state index contributed by atoms with van der Waals surface area (Å²) in [7, 11) is 1.50. The molecule has 1 N–H and O–H groups in total. The topological polar surface area (TPSA) is 64.6 Å². The Morgan fingerprint density at radius 2 is 1.80 bits per heavy atom. The molecule has 0 aliphatic carbocycles. The van der Waals surface area contributed by atoms with E-state index in [-0.39, 0.29) is 18.1 Å². The first-order valence-electron chi connectivity index (χ1n) is 8.72. The molecule has 0 saturated carbocycles. The number of para-hydroxylation sites is 1. The first kappa shape index (κ1) is 21.9. The predicted octanol–water partition coefficient (Wildman–Crippen LogP) is 5.40. The van der Waals surface area contributed by atoms with Crippen LogP contribution < -0.4 is 5.32 Å². The summed E-state index contributed by atoms with van der Waals surface area (Å²) < 4.78 is 37.5. The van der Waals surface area contributed by atoms with E-state index in [0.717, 1.165) is 23.5 Å². The summed E-state index contributed by atoms with van der Waals surface area (Å²) >= 11 is 7.32. The molecule has 2 aromatic carbocycles. The van der Waals surface area contributed by atoms with E-state index in [1.165, 1.54) is 25.3 Å². The molecule has 30 heavy (non-hydrogen) atoms. The van der Waals surface area contributed by atoms with Gasteiger partial charge in [-0.25, -0.2) is 13.6 Å². The Kier molecular flexibility index (Phi) is 7.15. The molecule has 9 heteroatoms. The largest absolute Gasteiger partial charge is 0.460 e. The van der Waals surface area contributed by atoms with Gasteiger partial charge in [0.2, 0.25) is 0 Å². The molecule has 156 valence electrons. The van der Waals surface area contributed by atoms with Crippen LogP contribution in [0.25, 0.3) is 10.4 Å². The zero-order valence-corrected chi connectivity index (χ0v) is 17.3. The van der Waals surface area contributed by atoms with Crippen molar-refractivity contribution in [2.24, 2.45) is 0 Å². The normalized spacial score (nSPS) is 10.7. The molecule has 0 fully saturated rings. The van der Waals surface area contributed by atoms with Gasteiger partial charge in [0.05, 0.1) is 17.0 Å². The van der Waals surface area contributed by atoms with Crippen LogP contribution in [0.15, 0.2) is 48.5 Å². The van der Waals surface area contributed by atoms with Gasteiger partial charge >= 0.3 is 5.97 Å². The minimum atomic E-state index is -0.872. The Morgan fingerprint density at radius 3 is 2.50 bits per heavy atom. The van der Waals surface area contributed by atoms with Crippen molar-refractivity contribution in [1.29, 1.82) is 0 Å². The van der Waals surface area contributed by atoms with Crippen molar-refractivity contribution in [3.63, 3.8) is 0 Å². The van der Waals surface area contributed by atoms with Gasteiger partial charge in [-0.2, -0.15) is 0 Å². The maximum atomic E-state index is 13.8. The highest BCUT2D eigenvalue weighted by Gasteiger charge is 2.17. The average molecular weight is 452 g/mol. The Bertz CT molecular complexity index is 1070. The van der Waals surface area contributed by atoms with Crippen molar-refractivity contribution in [2.45, 2.75) is 0 Å². The molecule has 0 aliphatic rings. The van der Waals surface area contributed by atoms with E-state index in [1.54, 1.807) is 18.2 Å². The number of carbonyl (C=O) groups is 2. The molecule has 1 heterocycles. The van der Waals surface area contributed by atoms with E-state index in [1.807, 2.05) is 0 Å². The second-order valence-corrected chi connectivity index (χ2v) is 7.53. The quantitative estimate of drug-likeness (QED) is 0.386. The van der Waals surface area contributed by atoms with E-state index in [9.17, 15) is 18.4 Å². The number of anilines is 1. The number of amides is 1. The Labute approximate surface area is 180 Å². The lowest BCUT2D eigenvalue weighted by atomic mass is 10.1. The zero-order chi connectivity index (χ0) is 21.7. The highest BCUT2D eigenvalue weighted by atomic mass is 35.5. The lowest BCUT2D eigenvalue weighted by Gasteiger charge is -2.07. The van der Waals surface area contributed by atoms with Crippen molar-refractivity contribution in [2.75, 3.05) is 25.6 Å². The highest BCUT2D eigenvalue weighted by molar-refractivity contribution is 7.17. The fourth-order valence-corrected chi connectivity index (χ4v) is 3.75.